The highest BCUT2D eigenvalue weighted by Crippen LogP contribution is 2.26. The van der Waals surface area contributed by atoms with E-state index in [0.29, 0.717) is 23.5 Å². The number of carbonyl (C=O) groups is 1. The van der Waals surface area contributed by atoms with Crippen LogP contribution < -0.4 is 10.1 Å². The van der Waals surface area contributed by atoms with Crippen LogP contribution in [0.25, 0.3) is 6.08 Å². The predicted molar refractivity (Wildman–Crippen MR) is 107 cm³/mol. The first-order valence-electron chi connectivity index (χ1n) is 8.86. The van der Waals surface area contributed by atoms with E-state index >= 15 is 0 Å². The van der Waals surface area contributed by atoms with E-state index in [9.17, 15) is 20.2 Å². The minimum atomic E-state index is -0.724. The van der Waals surface area contributed by atoms with Gasteiger partial charge in [0.2, 0.25) is 0 Å². The molecule has 7 nitrogen and oxygen atoms in total. The lowest BCUT2D eigenvalue weighted by molar-refractivity contribution is -0.384. The normalized spacial score (nSPS) is 10.8. The van der Waals surface area contributed by atoms with Crippen LogP contribution in [0.15, 0.2) is 48.0 Å². The van der Waals surface area contributed by atoms with Crippen LogP contribution in [0.2, 0.25) is 0 Å². The van der Waals surface area contributed by atoms with Crippen LogP contribution in [-0.2, 0) is 4.79 Å². The molecule has 0 aromatic heterocycles. The minimum Gasteiger partial charge on any atom is -0.493 e. The number of nitriles is 1. The Hall–Kier alpha value is -3.66. The van der Waals surface area contributed by atoms with E-state index in [2.05, 4.69) is 12.2 Å². The van der Waals surface area contributed by atoms with Crippen molar-refractivity contribution in [3.8, 4) is 11.8 Å². The van der Waals surface area contributed by atoms with Gasteiger partial charge in [0.1, 0.15) is 23.1 Å². The molecule has 0 aliphatic carbocycles. The Kier molecular flexibility index (Phi) is 7.28. The van der Waals surface area contributed by atoms with E-state index in [1.54, 1.807) is 37.3 Å². The second kappa shape index (κ2) is 9.88. The SMILES string of the molecule is CCCCOc1ccccc1/C=C(\C#N)C(=O)Nc1ccc(C)cc1[N+](=O)[O-]. The smallest absolute Gasteiger partial charge is 0.293 e. The van der Waals surface area contributed by atoms with Crippen molar-refractivity contribution in [3.63, 3.8) is 0 Å². The zero-order chi connectivity index (χ0) is 20.5. The fourth-order valence-corrected chi connectivity index (χ4v) is 2.45. The van der Waals surface area contributed by atoms with E-state index in [1.807, 2.05) is 6.07 Å². The first kappa shape index (κ1) is 20.6. The predicted octanol–water partition coefficient (Wildman–Crippen LogP) is 4.63. The summed E-state index contributed by atoms with van der Waals surface area (Å²) in [5.74, 6) is -0.157. The van der Waals surface area contributed by atoms with Crippen molar-refractivity contribution < 1.29 is 14.5 Å². The number of para-hydroxylation sites is 1. The van der Waals surface area contributed by atoms with E-state index in [-0.39, 0.29) is 16.9 Å². The maximum absolute atomic E-state index is 12.5. The van der Waals surface area contributed by atoms with E-state index in [1.165, 1.54) is 18.2 Å². The van der Waals surface area contributed by atoms with Gasteiger partial charge in [-0.25, -0.2) is 0 Å². The topological polar surface area (TPSA) is 105 Å². The molecule has 2 rings (SSSR count). The summed E-state index contributed by atoms with van der Waals surface area (Å²) in [6.07, 6.45) is 3.29. The standard InChI is InChI=1S/C21H21N3O4/c1-3-4-11-28-20-8-6-5-7-16(20)13-17(14-22)21(25)23-18-10-9-15(2)12-19(18)24(26)27/h5-10,12-13H,3-4,11H2,1-2H3,(H,23,25)/b17-13+. The number of hydrogen-bond acceptors (Lipinski definition) is 5. The molecule has 2 aromatic rings. The number of nitro benzene ring substituents is 1. The highest BCUT2D eigenvalue weighted by Gasteiger charge is 2.18. The molecule has 0 bridgehead atoms. The molecule has 1 amide bonds. The number of aryl methyl sites for hydroxylation is 1. The van der Waals surface area contributed by atoms with Gasteiger partial charge in [0.25, 0.3) is 11.6 Å². The van der Waals surface area contributed by atoms with Gasteiger partial charge < -0.3 is 10.1 Å². The lowest BCUT2D eigenvalue weighted by Gasteiger charge is -2.09. The van der Waals surface area contributed by atoms with E-state index in [4.69, 9.17) is 4.74 Å². The molecule has 2 aromatic carbocycles. The largest absolute Gasteiger partial charge is 0.493 e. The minimum absolute atomic E-state index is 0.0363. The number of anilines is 1. The Balaban J connectivity index is 2.28. The molecule has 0 aliphatic rings. The molecule has 28 heavy (non-hydrogen) atoms. The lowest BCUT2D eigenvalue weighted by Crippen LogP contribution is -2.14. The van der Waals surface area contributed by atoms with Gasteiger partial charge in [-0.2, -0.15) is 5.26 Å². The number of nitrogens with one attached hydrogen (secondary N) is 1. The van der Waals surface area contributed by atoms with Crippen LogP contribution in [0, 0.1) is 28.4 Å². The molecular formula is C21H21N3O4. The van der Waals surface area contributed by atoms with Crippen molar-refractivity contribution in [1.29, 1.82) is 5.26 Å². The van der Waals surface area contributed by atoms with Crippen molar-refractivity contribution in [2.45, 2.75) is 26.7 Å². The summed E-state index contributed by atoms with van der Waals surface area (Å²) in [5, 5.41) is 23.1. The Labute approximate surface area is 163 Å². The molecule has 144 valence electrons. The molecule has 0 radical (unpaired) electrons. The number of nitrogens with zero attached hydrogens (tertiary/aromatic N) is 2. The quantitative estimate of drug-likeness (QED) is 0.237. The molecule has 7 heteroatoms. The van der Waals surface area contributed by atoms with Crippen LogP contribution in [0.4, 0.5) is 11.4 Å². The van der Waals surface area contributed by atoms with Crippen LogP contribution in [0.5, 0.6) is 5.75 Å². The second-order valence-electron chi connectivity index (χ2n) is 6.14. The van der Waals surface area contributed by atoms with E-state index in [0.717, 1.165) is 12.8 Å². The van der Waals surface area contributed by atoms with Gasteiger partial charge in [0.05, 0.1) is 11.5 Å². The van der Waals surface area contributed by atoms with Gasteiger partial charge in [-0.05, 0) is 37.1 Å². The fourth-order valence-electron chi connectivity index (χ4n) is 2.45. The number of rotatable bonds is 8. The zero-order valence-electron chi connectivity index (χ0n) is 15.8. The summed E-state index contributed by atoms with van der Waals surface area (Å²) in [4.78, 5) is 23.2. The molecule has 0 fully saturated rings. The number of carbonyl (C=O) groups excluding carboxylic acids is 1. The van der Waals surface area contributed by atoms with Crippen LogP contribution >= 0.6 is 0 Å². The summed E-state index contributed by atoms with van der Waals surface area (Å²) in [6, 6.07) is 13.4. The van der Waals surface area contributed by atoms with Crippen molar-refractivity contribution >= 4 is 23.4 Å². The summed E-state index contributed by atoms with van der Waals surface area (Å²) in [7, 11) is 0. The molecule has 0 spiro atoms. The van der Waals surface area contributed by atoms with Gasteiger partial charge in [-0.1, -0.05) is 37.6 Å². The molecule has 0 saturated heterocycles. The first-order valence-corrected chi connectivity index (χ1v) is 8.86. The monoisotopic (exact) mass is 379 g/mol. The third kappa shape index (κ3) is 5.42. The van der Waals surface area contributed by atoms with Crippen LogP contribution in [0.1, 0.15) is 30.9 Å². The molecular weight excluding hydrogens is 358 g/mol. The zero-order valence-corrected chi connectivity index (χ0v) is 15.8. The van der Waals surface area contributed by atoms with Crippen molar-refractivity contribution in [2.75, 3.05) is 11.9 Å². The summed E-state index contributed by atoms with van der Waals surface area (Å²) >= 11 is 0. The van der Waals surface area contributed by atoms with Gasteiger partial charge in [0, 0.05) is 11.6 Å². The Morgan fingerprint density at radius 3 is 2.75 bits per heavy atom. The maximum Gasteiger partial charge on any atom is 0.293 e. The fraction of sp³-hybridized carbons (Fsp3) is 0.238. The molecule has 0 saturated carbocycles. The van der Waals surface area contributed by atoms with Crippen molar-refractivity contribution in [2.24, 2.45) is 0 Å². The number of amides is 1. The Bertz CT molecular complexity index is 945. The number of benzene rings is 2. The number of ether oxygens (including phenoxy) is 1. The highest BCUT2D eigenvalue weighted by molar-refractivity contribution is 6.10. The highest BCUT2D eigenvalue weighted by atomic mass is 16.6. The molecule has 0 aliphatic heterocycles. The van der Waals surface area contributed by atoms with Crippen molar-refractivity contribution in [1.82, 2.24) is 0 Å². The Morgan fingerprint density at radius 1 is 1.32 bits per heavy atom. The summed E-state index contributed by atoms with van der Waals surface area (Å²) in [5.41, 5.74) is 0.909. The average molecular weight is 379 g/mol. The third-order valence-electron chi connectivity index (χ3n) is 3.94. The second-order valence-corrected chi connectivity index (χ2v) is 6.14. The first-order chi connectivity index (χ1) is 13.5. The number of unbranched alkanes of at least 4 members (excludes halogenated alkanes) is 1. The van der Waals surface area contributed by atoms with Gasteiger partial charge in [-0.15, -0.1) is 0 Å². The molecule has 0 unspecified atom stereocenters. The Morgan fingerprint density at radius 2 is 2.07 bits per heavy atom. The number of hydrogen-bond donors (Lipinski definition) is 1. The summed E-state index contributed by atoms with van der Waals surface area (Å²) < 4.78 is 5.71. The number of nitro groups is 1. The van der Waals surface area contributed by atoms with E-state index < -0.39 is 10.8 Å². The van der Waals surface area contributed by atoms with Crippen molar-refractivity contribution in [3.05, 3.63) is 69.3 Å². The van der Waals surface area contributed by atoms with Gasteiger partial charge >= 0.3 is 0 Å². The van der Waals surface area contributed by atoms with Gasteiger partial charge in [0.15, 0.2) is 0 Å². The van der Waals surface area contributed by atoms with Crippen LogP contribution in [-0.4, -0.2) is 17.4 Å². The van der Waals surface area contributed by atoms with Crippen LogP contribution in [0.3, 0.4) is 0 Å². The third-order valence-corrected chi connectivity index (χ3v) is 3.94. The summed E-state index contributed by atoms with van der Waals surface area (Å²) in [6.45, 7) is 4.30. The average Bonchev–Trinajstić information content (AvgIpc) is 2.68. The lowest BCUT2D eigenvalue weighted by atomic mass is 10.1. The maximum atomic E-state index is 12.5. The van der Waals surface area contributed by atoms with Gasteiger partial charge in [-0.3, -0.25) is 14.9 Å². The molecule has 0 heterocycles. The molecule has 0 atom stereocenters. The molecule has 1 N–H and O–H groups in total.